The number of ether oxygens (including phenoxy) is 2. The van der Waals surface area contributed by atoms with Gasteiger partial charge in [-0.05, 0) is 13.8 Å². The molecule has 0 aliphatic carbocycles. The van der Waals surface area contributed by atoms with Gasteiger partial charge >= 0.3 is 0 Å². The first-order valence-corrected chi connectivity index (χ1v) is 6.79. The maximum absolute atomic E-state index is 5.74. The van der Waals surface area contributed by atoms with E-state index in [2.05, 4.69) is 20.3 Å². The average molecular weight is 289 g/mol. The van der Waals surface area contributed by atoms with Gasteiger partial charge in [-0.3, -0.25) is 0 Å². The molecule has 7 heteroatoms. The van der Waals surface area contributed by atoms with Crippen LogP contribution in [0.15, 0.2) is 30.3 Å². The van der Waals surface area contributed by atoms with Crippen LogP contribution >= 0.6 is 0 Å². The zero-order valence-electron chi connectivity index (χ0n) is 12.1. The molecule has 0 fully saturated rings. The molecule has 0 unspecified atom stereocenters. The van der Waals surface area contributed by atoms with Crippen molar-refractivity contribution in [2.75, 3.05) is 24.3 Å². The van der Waals surface area contributed by atoms with Crippen molar-refractivity contribution >= 4 is 11.9 Å². The van der Waals surface area contributed by atoms with E-state index in [4.69, 9.17) is 15.2 Å². The van der Waals surface area contributed by atoms with E-state index in [1.54, 1.807) is 0 Å². The summed E-state index contributed by atoms with van der Waals surface area (Å²) in [6, 6.07) is 9.55. The lowest BCUT2D eigenvalue weighted by molar-refractivity contribution is -0.117. The molecule has 0 atom stereocenters. The molecule has 112 valence electrons. The van der Waals surface area contributed by atoms with Crippen molar-refractivity contribution in [3.63, 3.8) is 0 Å². The van der Waals surface area contributed by atoms with Crippen molar-refractivity contribution in [3.05, 3.63) is 30.3 Å². The molecule has 1 heterocycles. The number of rotatable bonds is 7. The topological polar surface area (TPSA) is 95.2 Å². The highest BCUT2D eigenvalue weighted by Gasteiger charge is 2.12. The van der Waals surface area contributed by atoms with Crippen molar-refractivity contribution in [2.45, 2.75) is 20.3 Å². The molecule has 0 amide bonds. The van der Waals surface area contributed by atoms with Gasteiger partial charge in [-0.2, -0.15) is 15.0 Å². The molecule has 0 saturated carbocycles. The molecule has 0 aliphatic heterocycles. The summed E-state index contributed by atoms with van der Waals surface area (Å²) in [7, 11) is 0. The van der Waals surface area contributed by atoms with Crippen LogP contribution in [-0.2, 0) is 9.47 Å². The SMILES string of the molecule is CCOC(Nc1nc(N)nc(-c2ccccc2)n1)OCC. The Hall–Kier alpha value is -2.25. The quantitative estimate of drug-likeness (QED) is 0.751. The zero-order valence-corrected chi connectivity index (χ0v) is 12.1. The molecule has 0 radical (unpaired) electrons. The third kappa shape index (κ3) is 4.37. The second kappa shape index (κ2) is 7.51. The molecule has 0 aliphatic rings. The molecule has 7 nitrogen and oxygen atoms in total. The third-order valence-corrected chi connectivity index (χ3v) is 2.57. The van der Waals surface area contributed by atoms with Gasteiger partial charge in [-0.25, -0.2) is 0 Å². The van der Waals surface area contributed by atoms with Crippen molar-refractivity contribution < 1.29 is 9.47 Å². The summed E-state index contributed by atoms with van der Waals surface area (Å²) >= 11 is 0. The lowest BCUT2D eigenvalue weighted by Gasteiger charge is -2.18. The second-order valence-electron chi connectivity index (χ2n) is 4.09. The van der Waals surface area contributed by atoms with Crippen LogP contribution in [0.25, 0.3) is 11.4 Å². The van der Waals surface area contributed by atoms with Crippen LogP contribution in [0.4, 0.5) is 11.9 Å². The summed E-state index contributed by atoms with van der Waals surface area (Å²) in [5.74, 6) is 0.948. The lowest BCUT2D eigenvalue weighted by Crippen LogP contribution is -2.28. The fourth-order valence-electron chi connectivity index (χ4n) is 1.71. The van der Waals surface area contributed by atoms with Crippen LogP contribution < -0.4 is 11.1 Å². The molecule has 0 bridgehead atoms. The Labute approximate surface area is 123 Å². The smallest absolute Gasteiger partial charge is 0.240 e. The van der Waals surface area contributed by atoms with E-state index in [1.807, 2.05) is 44.2 Å². The van der Waals surface area contributed by atoms with Crippen molar-refractivity contribution in [2.24, 2.45) is 0 Å². The summed E-state index contributed by atoms with van der Waals surface area (Å²) < 4.78 is 10.8. The fourth-order valence-corrected chi connectivity index (χ4v) is 1.71. The van der Waals surface area contributed by atoms with Gasteiger partial charge in [0.2, 0.25) is 18.3 Å². The first kappa shape index (κ1) is 15.1. The number of nitrogens with one attached hydrogen (secondary N) is 1. The molecule has 1 aromatic carbocycles. The van der Waals surface area contributed by atoms with Crippen molar-refractivity contribution in [1.29, 1.82) is 0 Å². The molecule has 1 aromatic heterocycles. The molecule has 21 heavy (non-hydrogen) atoms. The van der Waals surface area contributed by atoms with Gasteiger partial charge in [0.1, 0.15) is 0 Å². The van der Waals surface area contributed by atoms with Gasteiger partial charge in [-0.15, -0.1) is 0 Å². The number of nitrogens with zero attached hydrogens (tertiary/aromatic N) is 3. The van der Waals surface area contributed by atoms with Gasteiger partial charge in [0.25, 0.3) is 0 Å². The van der Waals surface area contributed by atoms with E-state index in [9.17, 15) is 0 Å². The zero-order chi connectivity index (χ0) is 15.1. The number of benzene rings is 1. The monoisotopic (exact) mass is 289 g/mol. The number of hydrogen-bond acceptors (Lipinski definition) is 7. The summed E-state index contributed by atoms with van der Waals surface area (Å²) in [6.45, 7) is 4.77. The first-order chi connectivity index (χ1) is 10.2. The Morgan fingerprint density at radius 1 is 1.05 bits per heavy atom. The van der Waals surface area contributed by atoms with Crippen LogP contribution in [0.3, 0.4) is 0 Å². The molecule has 2 aromatic rings. The molecule has 3 N–H and O–H groups in total. The molecule has 0 saturated heterocycles. The van der Waals surface area contributed by atoms with Gasteiger partial charge in [0.05, 0.1) is 0 Å². The van der Waals surface area contributed by atoms with E-state index in [-0.39, 0.29) is 5.95 Å². The summed E-state index contributed by atoms with van der Waals surface area (Å²) in [5, 5.41) is 2.95. The average Bonchev–Trinajstić information content (AvgIpc) is 2.48. The molecule has 2 rings (SSSR count). The van der Waals surface area contributed by atoms with E-state index in [0.29, 0.717) is 25.0 Å². The maximum Gasteiger partial charge on any atom is 0.240 e. The Kier molecular flexibility index (Phi) is 5.42. The van der Waals surface area contributed by atoms with E-state index in [1.165, 1.54) is 0 Å². The van der Waals surface area contributed by atoms with E-state index >= 15 is 0 Å². The van der Waals surface area contributed by atoms with Crippen LogP contribution in [0.5, 0.6) is 0 Å². The highest BCUT2D eigenvalue weighted by molar-refractivity contribution is 5.57. The maximum atomic E-state index is 5.74. The number of hydrogen-bond donors (Lipinski definition) is 2. The number of anilines is 2. The lowest BCUT2D eigenvalue weighted by atomic mass is 10.2. The van der Waals surface area contributed by atoms with Gasteiger partial charge in [0, 0.05) is 18.8 Å². The van der Waals surface area contributed by atoms with Crippen molar-refractivity contribution in [3.8, 4) is 11.4 Å². The largest absolute Gasteiger partial charge is 0.368 e. The third-order valence-electron chi connectivity index (χ3n) is 2.57. The predicted molar refractivity (Wildman–Crippen MR) is 80.3 cm³/mol. The fraction of sp³-hybridized carbons (Fsp3) is 0.357. The molecular formula is C14H19N5O2. The molecule has 0 spiro atoms. The predicted octanol–water partition coefficient (Wildman–Crippen LogP) is 1.89. The highest BCUT2D eigenvalue weighted by atomic mass is 16.7. The van der Waals surface area contributed by atoms with Crippen LogP contribution in [0.1, 0.15) is 13.8 Å². The van der Waals surface area contributed by atoms with Crippen LogP contribution in [-0.4, -0.2) is 34.6 Å². The summed E-state index contributed by atoms with van der Waals surface area (Å²) in [6.07, 6.45) is -0.620. The van der Waals surface area contributed by atoms with Crippen molar-refractivity contribution in [1.82, 2.24) is 15.0 Å². The summed E-state index contributed by atoms with van der Waals surface area (Å²) in [4.78, 5) is 12.5. The Bertz CT molecular complexity index is 559. The van der Waals surface area contributed by atoms with Crippen LogP contribution in [0.2, 0.25) is 0 Å². The Morgan fingerprint density at radius 2 is 1.71 bits per heavy atom. The van der Waals surface area contributed by atoms with Gasteiger partial charge in [-0.1, -0.05) is 30.3 Å². The highest BCUT2D eigenvalue weighted by Crippen LogP contribution is 2.16. The number of nitrogens with two attached hydrogens (primary N) is 1. The minimum absolute atomic E-state index is 0.137. The standard InChI is InChI=1S/C14H19N5O2/c1-3-20-14(21-4-2)19-13-17-11(16-12(15)18-13)10-8-6-5-7-9-10/h5-9,14H,3-4H2,1-2H3,(H3,15,16,17,18,19). The van der Waals surface area contributed by atoms with E-state index in [0.717, 1.165) is 5.56 Å². The normalized spacial score (nSPS) is 10.8. The Morgan fingerprint density at radius 3 is 2.33 bits per heavy atom. The Balaban J connectivity index is 2.22. The number of aromatic nitrogens is 3. The second-order valence-corrected chi connectivity index (χ2v) is 4.09. The minimum atomic E-state index is -0.620. The first-order valence-electron chi connectivity index (χ1n) is 6.79. The minimum Gasteiger partial charge on any atom is -0.368 e. The number of nitrogen functional groups attached to an aromatic ring is 1. The van der Waals surface area contributed by atoms with Gasteiger partial charge in [0.15, 0.2) is 5.82 Å². The van der Waals surface area contributed by atoms with Gasteiger partial charge < -0.3 is 20.5 Å². The molecular weight excluding hydrogens is 270 g/mol. The van der Waals surface area contributed by atoms with Crippen LogP contribution in [0, 0.1) is 0 Å². The van der Waals surface area contributed by atoms with E-state index < -0.39 is 6.41 Å². The summed E-state index contributed by atoms with van der Waals surface area (Å²) in [5.41, 5.74) is 6.60.